The average molecular weight is 296 g/mol. The van der Waals surface area contributed by atoms with Gasteiger partial charge in [0, 0.05) is 24.6 Å². The number of hydrogen-bond acceptors (Lipinski definition) is 4. The van der Waals surface area contributed by atoms with E-state index in [1.165, 1.54) is 16.9 Å². The molecule has 3 atom stereocenters. The first-order valence-electron chi connectivity index (χ1n) is 7.59. The minimum atomic E-state index is -0.0326. The molecule has 1 aliphatic rings. The molecule has 0 saturated carbocycles. The molecule has 1 saturated heterocycles. The largest absolute Gasteiger partial charge is 0.377 e. The Labute approximate surface area is 127 Å². The Bertz CT molecular complexity index is 434. The summed E-state index contributed by atoms with van der Waals surface area (Å²) in [6.07, 6.45) is 3.32. The molecule has 1 fully saturated rings. The average Bonchev–Trinajstić information content (AvgIpc) is 2.85. The summed E-state index contributed by atoms with van der Waals surface area (Å²) in [6.45, 7) is 8.68. The van der Waals surface area contributed by atoms with Crippen molar-refractivity contribution in [1.29, 1.82) is 0 Å². The third kappa shape index (κ3) is 3.25. The Morgan fingerprint density at radius 1 is 1.55 bits per heavy atom. The number of thiophene rings is 1. The normalized spacial score (nSPS) is 27.4. The Balaban J connectivity index is 2.25. The van der Waals surface area contributed by atoms with Crippen LogP contribution in [0.1, 0.15) is 49.6 Å². The lowest BCUT2D eigenvalue weighted by molar-refractivity contribution is -0.0640. The smallest absolute Gasteiger partial charge is 0.0777 e. The van der Waals surface area contributed by atoms with Crippen LogP contribution in [0.5, 0.6) is 0 Å². The van der Waals surface area contributed by atoms with Gasteiger partial charge in [0.1, 0.15) is 0 Å². The van der Waals surface area contributed by atoms with Crippen molar-refractivity contribution >= 4 is 11.3 Å². The van der Waals surface area contributed by atoms with Gasteiger partial charge in [0.25, 0.3) is 0 Å². The lowest BCUT2D eigenvalue weighted by Gasteiger charge is -2.44. The molecule has 1 aliphatic heterocycles. The summed E-state index contributed by atoms with van der Waals surface area (Å²) in [5, 5.41) is 2.18. The number of likely N-dealkylation sites (tertiary alicyclic amines) is 1. The van der Waals surface area contributed by atoms with Gasteiger partial charge in [-0.15, -0.1) is 11.3 Å². The van der Waals surface area contributed by atoms with Crippen molar-refractivity contribution in [3.05, 3.63) is 21.9 Å². The highest BCUT2D eigenvalue weighted by Crippen LogP contribution is 2.36. The maximum Gasteiger partial charge on any atom is 0.0777 e. The van der Waals surface area contributed by atoms with E-state index in [4.69, 9.17) is 10.5 Å². The number of ether oxygens (including phenoxy) is 1. The lowest BCUT2D eigenvalue weighted by Crippen LogP contribution is -2.52. The third-order valence-electron chi connectivity index (χ3n) is 4.62. The van der Waals surface area contributed by atoms with Gasteiger partial charge >= 0.3 is 0 Å². The second kappa shape index (κ2) is 6.56. The standard InChI is InChI=1S/C16H28N2OS/c1-5-13(17)14(15-12(2)7-10-20-15)18-9-6-8-16(3,11-18)19-4/h7,10,13-14H,5-6,8-9,11,17H2,1-4H3. The SMILES string of the molecule is CCC(N)C(c1sccc1C)N1CCCC(C)(OC)C1. The van der Waals surface area contributed by atoms with E-state index in [2.05, 4.69) is 37.1 Å². The molecule has 2 N–H and O–H groups in total. The highest BCUT2D eigenvalue weighted by molar-refractivity contribution is 7.10. The van der Waals surface area contributed by atoms with E-state index in [1.54, 1.807) is 0 Å². The first kappa shape index (κ1) is 16.0. The molecule has 1 aromatic heterocycles. The summed E-state index contributed by atoms with van der Waals surface area (Å²) in [4.78, 5) is 3.97. The maximum absolute atomic E-state index is 6.46. The van der Waals surface area contributed by atoms with Crippen molar-refractivity contribution in [3.63, 3.8) is 0 Å². The maximum atomic E-state index is 6.46. The van der Waals surface area contributed by atoms with Crippen LogP contribution in [-0.2, 0) is 4.74 Å². The Morgan fingerprint density at radius 3 is 2.85 bits per heavy atom. The summed E-state index contributed by atoms with van der Waals surface area (Å²) in [7, 11) is 1.83. The lowest BCUT2D eigenvalue weighted by atomic mass is 9.91. The van der Waals surface area contributed by atoms with E-state index < -0.39 is 0 Å². The second-order valence-corrected chi connectivity index (χ2v) is 7.16. The van der Waals surface area contributed by atoms with Gasteiger partial charge in [0.15, 0.2) is 0 Å². The molecule has 4 heteroatoms. The van der Waals surface area contributed by atoms with Crippen molar-refractivity contribution in [2.24, 2.45) is 5.73 Å². The van der Waals surface area contributed by atoms with Gasteiger partial charge in [-0.05, 0) is 56.7 Å². The molecule has 0 amide bonds. The number of aryl methyl sites for hydroxylation is 1. The fraction of sp³-hybridized carbons (Fsp3) is 0.750. The second-order valence-electron chi connectivity index (χ2n) is 6.21. The van der Waals surface area contributed by atoms with E-state index in [9.17, 15) is 0 Å². The molecule has 114 valence electrons. The zero-order valence-electron chi connectivity index (χ0n) is 13.2. The Hall–Kier alpha value is -0.420. The van der Waals surface area contributed by atoms with Crippen molar-refractivity contribution in [2.45, 2.75) is 57.7 Å². The summed E-state index contributed by atoms with van der Waals surface area (Å²) < 4.78 is 5.74. The van der Waals surface area contributed by atoms with Crippen molar-refractivity contribution in [3.8, 4) is 0 Å². The fourth-order valence-electron chi connectivity index (χ4n) is 3.19. The van der Waals surface area contributed by atoms with Crippen molar-refractivity contribution in [2.75, 3.05) is 20.2 Å². The highest BCUT2D eigenvalue weighted by Gasteiger charge is 2.37. The zero-order chi connectivity index (χ0) is 14.8. The fourth-order valence-corrected chi connectivity index (χ4v) is 4.33. The minimum Gasteiger partial charge on any atom is -0.377 e. The van der Waals surface area contributed by atoms with Crippen LogP contribution >= 0.6 is 11.3 Å². The molecule has 1 aromatic rings. The van der Waals surface area contributed by atoms with E-state index >= 15 is 0 Å². The highest BCUT2D eigenvalue weighted by atomic mass is 32.1. The monoisotopic (exact) mass is 296 g/mol. The molecule has 2 heterocycles. The van der Waals surface area contributed by atoms with E-state index in [0.717, 1.165) is 25.9 Å². The zero-order valence-corrected chi connectivity index (χ0v) is 14.0. The minimum absolute atomic E-state index is 0.0326. The summed E-state index contributed by atoms with van der Waals surface area (Å²) in [5.74, 6) is 0. The van der Waals surface area contributed by atoms with Crippen molar-refractivity contribution in [1.82, 2.24) is 4.90 Å². The van der Waals surface area contributed by atoms with Gasteiger partial charge in [-0.3, -0.25) is 4.90 Å². The van der Waals surface area contributed by atoms with Crippen molar-refractivity contribution < 1.29 is 4.74 Å². The van der Waals surface area contributed by atoms with Gasteiger partial charge in [-0.2, -0.15) is 0 Å². The van der Waals surface area contributed by atoms with Gasteiger partial charge in [0.2, 0.25) is 0 Å². The van der Waals surface area contributed by atoms with Crippen LogP contribution in [0.3, 0.4) is 0 Å². The van der Waals surface area contributed by atoms with Crippen LogP contribution in [0.4, 0.5) is 0 Å². The summed E-state index contributed by atoms with van der Waals surface area (Å²) in [6, 6.07) is 2.72. The van der Waals surface area contributed by atoms with E-state index in [0.29, 0.717) is 6.04 Å². The summed E-state index contributed by atoms with van der Waals surface area (Å²) in [5.41, 5.74) is 7.80. The third-order valence-corrected chi connectivity index (χ3v) is 5.71. The number of rotatable bonds is 5. The number of piperidine rings is 1. The first-order valence-corrected chi connectivity index (χ1v) is 8.47. The molecule has 0 bridgehead atoms. The number of methoxy groups -OCH3 is 1. The van der Waals surface area contributed by atoms with Crippen LogP contribution in [0.15, 0.2) is 11.4 Å². The topological polar surface area (TPSA) is 38.5 Å². The van der Waals surface area contributed by atoms with E-state index in [1.807, 2.05) is 18.4 Å². The summed E-state index contributed by atoms with van der Waals surface area (Å²) >= 11 is 1.84. The first-order chi connectivity index (χ1) is 9.50. The molecular weight excluding hydrogens is 268 g/mol. The molecule has 20 heavy (non-hydrogen) atoms. The van der Waals surface area contributed by atoms with E-state index in [-0.39, 0.29) is 11.6 Å². The molecule has 3 nitrogen and oxygen atoms in total. The number of nitrogens with two attached hydrogens (primary N) is 1. The molecule has 3 unspecified atom stereocenters. The van der Waals surface area contributed by atoms with Crippen LogP contribution < -0.4 is 5.73 Å². The van der Waals surface area contributed by atoms with Crippen LogP contribution in [0, 0.1) is 6.92 Å². The molecule has 2 rings (SSSR count). The van der Waals surface area contributed by atoms with Gasteiger partial charge in [-0.25, -0.2) is 0 Å². The molecule has 0 aromatic carbocycles. The van der Waals surface area contributed by atoms with Gasteiger partial charge in [-0.1, -0.05) is 6.92 Å². The van der Waals surface area contributed by atoms with Gasteiger partial charge in [0.05, 0.1) is 11.6 Å². The molecule has 0 radical (unpaired) electrons. The predicted molar refractivity (Wildman–Crippen MR) is 86.3 cm³/mol. The quantitative estimate of drug-likeness (QED) is 0.905. The van der Waals surface area contributed by atoms with Crippen LogP contribution in [0.25, 0.3) is 0 Å². The number of nitrogens with zero attached hydrogens (tertiary/aromatic N) is 1. The molecule has 0 aliphatic carbocycles. The Morgan fingerprint density at radius 2 is 2.30 bits per heavy atom. The molecule has 0 spiro atoms. The Kier molecular flexibility index (Phi) is 5.24. The number of hydrogen-bond donors (Lipinski definition) is 1. The van der Waals surface area contributed by atoms with Crippen LogP contribution in [0.2, 0.25) is 0 Å². The predicted octanol–water partition coefficient (Wildman–Crippen LogP) is 3.34. The van der Waals surface area contributed by atoms with Crippen LogP contribution in [-0.4, -0.2) is 36.7 Å². The molecular formula is C16H28N2OS. The van der Waals surface area contributed by atoms with Gasteiger partial charge < -0.3 is 10.5 Å².